The summed E-state index contributed by atoms with van der Waals surface area (Å²) >= 11 is 0. The van der Waals surface area contributed by atoms with Gasteiger partial charge in [-0.25, -0.2) is 4.98 Å². The van der Waals surface area contributed by atoms with Gasteiger partial charge in [-0.05, 0) is 36.5 Å². The first kappa shape index (κ1) is 11.4. The topological polar surface area (TPSA) is 71.8 Å². The molecule has 1 unspecified atom stereocenters. The van der Waals surface area contributed by atoms with Crippen molar-refractivity contribution in [2.24, 2.45) is 11.7 Å². The predicted molar refractivity (Wildman–Crippen MR) is 70.0 cm³/mol. The van der Waals surface area contributed by atoms with Crippen LogP contribution in [0.25, 0.3) is 11.0 Å². The third-order valence-corrected chi connectivity index (χ3v) is 3.92. The minimum absolute atomic E-state index is 0.0193. The van der Waals surface area contributed by atoms with Gasteiger partial charge in [0.15, 0.2) is 0 Å². The number of H-pyrrole nitrogens is 1. The average Bonchev–Trinajstić information content (AvgIpc) is 2.86. The molecule has 0 amide bonds. The second-order valence-electron chi connectivity index (χ2n) is 5.08. The Labute approximate surface area is 106 Å². The lowest BCUT2D eigenvalue weighted by atomic mass is 9.81. The Morgan fingerprint density at radius 3 is 2.89 bits per heavy atom. The number of carbonyl (C=O) groups excluding carboxylic acids is 1. The smallest absolute Gasteiger partial charge is 0.132 e. The normalized spacial score (nSPS) is 19.3. The largest absolute Gasteiger partial charge is 0.345 e. The molecule has 0 saturated heterocycles. The standard InChI is InChI=1S/C14H17N3O/c15-14(9-1-4-11(18)5-2-9)10-3-6-12-13(7-10)17-8-16-12/h3,6-9,14H,1-2,4-5,15H2,(H,16,17). The lowest BCUT2D eigenvalue weighted by Crippen LogP contribution is -2.26. The van der Waals surface area contributed by atoms with Gasteiger partial charge in [-0.1, -0.05) is 6.07 Å². The number of rotatable bonds is 2. The molecule has 1 aliphatic rings. The fourth-order valence-corrected chi connectivity index (χ4v) is 2.75. The molecule has 1 aliphatic carbocycles. The molecule has 0 spiro atoms. The molecular weight excluding hydrogens is 226 g/mol. The Balaban J connectivity index is 1.82. The van der Waals surface area contributed by atoms with Crippen molar-refractivity contribution in [1.29, 1.82) is 0 Å². The molecule has 1 saturated carbocycles. The summed E-state index contributed by atoms with van der Waals surface area (Å²) in [4.78, 5) is 18.6. The van der Waals surface area contributed by atoms with Crippen molar-refractivity contribution in [3.8, 4) is 0 Å². The molecular formula is C14H17N3O. The highest BCUT2D eigenvalue weighted by molar-refractivity contribution is 5.79. The lowest BCUT2D eigenvalue weighted by Gasteiger charge is -2.27. The minimum Gasteiger partial charge on any atom is -0.345 e. The molecule has 3 rings (SSSR count). The van der Waals surface area contributed by atoms with E-state index in [0.717, 1.165) is 29.4 Å². The van der Waals surface area contributed by atoms with Gasteiger partial charge in [0, 0.05) is 18.9 Å². The van der Waals surface area contributed by atoms with Gasteiger partial charge in [-0.15, -0.1) is 0 Å². The van der Waals surface area contributed by atoms with Crippen molar-refractivity contribution in [1.82, 2.24) is 9.97 Å². The molecule has 1 aromatic carbocycles. The number of ketones is 1. The Kier molecular flexibility index (Phi) is 2.88. The monoisotopic (exact) mass is 243 g/mol. The number of nitrogens with zero attached hydrogens (tertiary/aromatic N) is 1. The van der Waals surface area contributed by atoms with Crippen molar-refractivity contribution in [3.63, 3.8) is 0 Å². The first-order valence-corrected chi connectivity index (χ1v) is 6.44. The third-order valence-electron chi connectivity index (χ3n) is 3.92. The van der Waals surface area contributed by atoms with Crippen LogP contribution >= 0.6 is 0 Å². The van der Waals surface area contributed by atoms with Crippen LogP contribution in [-0.2, 0) is 4.79 Å². The molecule has 1 heterocycles. The van der Waals surface area contributed by atoms with Crippen molar-refractivity contribution in [2.75, 3.05) is 0 Å². The van der Waals surface area contributed by atoms with E-state index < -0.39 is 0 Å². The fourth-order valence-electron chi connectivity index (χ4n) is 2.75. The van der Waals surface area contributed by atoms with E-state index in [2.05, 4.69) is 16.0 Å². The highest BCUT2D eigenvalue weighted by Gasteiger charge is 2.25. The van der Waals surface area contributed by atoms with Gasteiger partial charge >= 0.3 is 0 Å². The molecule has 18 heavy (non-hydrogen) atoms. The number of hydrogen-bond donors (Lipinski definition) is 2. The van der Waals surface area contributed by atoms with Crippen LogP contribution in [0.2, 0.25) is 0 Å². The Morgan fingerprint density at radius 2 is 2.11 bits per heavy atom. The van der Waals surface area contributed by atoms with E-state index in [0.29, 0.717) is 24.5 Å². The van der Waals surface area contributed by atoms with E-state index in [9.17, 15) is 4.79 Å². The maximum atomic E-state index is 11.3. The zero-order valence-electron chi connectivity index (χ0n) is 10.2. The molecule has 0 bridgehead atoms. The Hall–Kier alpha value is -1.68. The Morgan fingerprint density at radius 1 is 1.33 bits per heavy atom. The second kappa shape index (κ2) is 4.53. The average molecular weight is 243 g/mol. The van der Waals surface area contributed by atoms with Gasteiger partial charge in [-0.3, -0.25) is 4.79 Å². The van der Waals surface area contributed by atoms with Crippen LogP contribution in [0.4, 0.5) is 0 Å². The van der Waals surface area contributed by atoms with E-state index in [-0.39, 0.29) is 6.04 Å². The molecule has 3 N–H and O–H groups in total. The number of nitrogens with one attached hydrogen (secondary N) is 1. The first-order chi connectivity index (χ1) is 8.74. The lowest BCUT2D eigenvalue weighted by molar-refractivity contribution is -0.121. The van der Waals surface area contributed by atoms with Gasteiger partial charge in [0.1, 0.15) is 5.78 Å². The number of Topliss-reactive ketones (excluding diaryl/α,β-unsaturated/α-hetero) is 1. The van der Waals surface area contributed by atoms with E-state index in [4.69, 9.17) is 5.73 Å². The summed E-state index contributed by atoms with van der Waals surface area (Å²) in [6.45, 7) is 0. The van der Waals surface area contributed by atoms with Gasteiger partial charge in [0.25, 0.3) is 0 Å². The van der Waals surface area contributed by atoms with E-state index >= 15 is 0 Å². The summed E-state index contributed by atoms with van der Waals surface area (Å²) < 4.78 is 0. The highest BCUT2D eigenvalue weighted by atomic mass is 16.1. The van der Waals surface area contributed by atoms with Gasteiger partial charge in [-0.2, -0.15) is 0 Å². The second-order valence-corrected chi connectivity index (χ2v) is 5.08. The molecule has 1 atom stereocenters. The van der Waals surface area contributed by atoms with Crippen LogP contribution in [0, 0.1) is 5.92 Å². The maximum Gasteiger partial charge on any atom is 0.132 e. The molecule has 4 nitrogen and oxygen atoms in total. The third kappa shape index (κ3) is 2.04. The maximum absolute atomic E-state index is 11.3. The summed E-state index contributed by atoms with van der Waals surface area (Å²) in [6.07, 6.45) is 4.90. The number of aromatic amines is 1. The van der Waals surface area contributed by atoms with Crippen LogP contribution in [0.1, 0.15) is 37.3 Å². The molecule has 0 radical (unpaired) electrons. The van der Waals surface area contributed by atoms with Gasteiger partial charge in [0.2, 0.25) is 0 Å². The molecule has 94 valence electrons. The van der Waals surface area contributed by atoms with E-state index in [1.807, 2.05) is 12.1 Å². The SMILES string of the molecule is NC(c1ccc2nc[nH]c2c1)C1CCC(=O)CC1. The minimum atomic E-state index is 0.0193. The highest BCUT2D eigenvalue weighted by Crippen LogP contribution is 2.32. The van der Waals surface area contributed by atoms with Crippen molar-refractivity contribution >= 4 is 16.8 Å². The van der Waals surface area contributed by atoms with Crippen molar-refractivity contribution < 1.29 is 4.79 Å². The van der Waals surface area contributed by atoms with Crippen LogP contribution in [-0.4, -0.2) is 15.8 Å². The van der Waals surface area contributed by atoms with E-state index in [1.54, 1.807) is 6.33 Å². The zero-order valence-corrected chi connectivity index (χ0v) is 10.2. The van der Waals surface area contributed by atoms with Crippen molar-refractivity contribution in [2.45, 2.75) is 31.7 Å². The van der Waals surface area contributed by atoms with Crippen LogP contribution < -0.4 is 5.73 Å². The van der Waals surface area contributed by atoms with Gasteiger partial charge in [0.05, 0.1) is 17.4 Å². The molecule has 2 aromatic rings. The summed E-state index contributed by atoms with van der Waals surface area (Å²) in [5.41, 5.74) is 9.45. The number of benzene rings is 1. The number of nitrogens with two attached hydrogens (primary N) is 1. The predicted octanol–water partition coefficient (Wildman–Crippen LogP) is 2.32. The Bertz CT molecular complexity index is 565. The van der Waals surface area contributed by atoms with Crippen LogP contribution in [0.3, 0.4) is 0 Å². The number of hydrogen-bond acceptors (Lipinski definition) is 3. The molecule has 0 aliphatic heterocycles. The van der Waals surface area contributed by atoms with Gasteiger partial charge < -0.3 is 10.7 Å². The number of aromatic nitrogens is 2. The van der Waals surface area contributed by atoms with E-state index in [1.165, 1.54) is 0 Å². The first-order valence-electron chi connectivity index (χ1n) is 6.44. The summed E-state index contributed by atoms with van der Waals surface area (Å²) in [5, 5.41) is 0. The number of fused-ring (bicyclic) bond motifs is 1. The number of carbonyl (C=O) groups is 1. The summed E-state index contributed by atoms with van der Waals surface area (Å²) in [6, 6.07) is 6.13. The molecule has 1 aromatic heterocycles. The summed E-state index contributed by atoms with van der Waals surface area (Å²) in [7, 11) is 0. The van der Waals surface area contributed by atoms with Crippen LogP contribution in [0.5, 0.6) is 0 Å². The summed E-state index contributed by atoms with van der Waals surface area (Å²) in [5.74, 6) is 0.797. The van der Waals surface area contributed by atoms with Crippen LogP contribution in [0.15, 0.2) is 24.5 Å². The quantitative estimate of drug-likeness (QED) is 0.850. The van der Waals surface area contributed by atoms with Crippen molar-refractivity contribution in [3.05, 3.63) is 30.1 Å². The molecule has 1 fully saturated rings. The number of imidazole rings is 1. The fraction of sp³-hybridized carbons (Fsp3) is 0.429. The molecule has 4 heteroatoms. The zero-order chi connectivity index (χ0) is 12.5.